The Morgan fingerprint density at radius 2 is 2.45 bits per heavy atom. The summed E-state index contributed by atoms with van der Waals surface area (Å²) in [5.41, 5.74) is 0. The first-order chi connectivity index (χ1) is 5.33. The SMILES string of the molecule is CNCCNc1nc(Br)cs1. The lowest BCUT2D eigenvalue weighted by molar-refractivity contribution is 0.823. The van der Waals surface area contributed by atoms with Crippen LogP contribution in [0.2, 0.25) is 0 Å². The van der Waals surface area contributed by atoms with E-state index >= 15 is 0 Å². The van der Waals surface area contributed by atoms with Crippen LogP contribution < -0.4 is 10.6 Å². The third kappa shape index (κ3) is 3.18. The standard InChI is InChI=1S/C6H10BrN3S/c1-8-2-3-9-6-10-5(7)4-11-6/h4,8H,2-3H2,1H3,(H,9,10). The summed E-state index contributed by atoms with van der Waals surface area (Å²) in [4.78, 5) is 4.18. The van der Waals surface area contributed by atoms with Crippen LogP contribution in [-0.4, -0.2) is 25.1 Å². The maximum Gasteiger partial charge on any atom is 0.183 e. The van der Waals surface area contributed by atoms with Crippen LogP contribution in [0, 0.1) is 0 Å². The van der Waals surface area contributed by atoms with E-state index < -0.39 is 0 Å². The van der Waals surface area contributed by atoms with Gasteiger partial charge in [0.05, 0.1) is 0 Å². The van der Waals surface area contributed by atoms with E-state index in [0.717, 1.165) is 22.8 Å². The van der Waals surface area contributed by atoms with Crippen molar-refractivity contribution in [3.05, 3.63) is 9.98 Å². The van der Waals surface area contributed by atoms with Gasteiger partial charge in [0.1, 0.15) is 4.60 Å². The van der Waals surface area contributed by atoms with Gasteiger partial charge >= 0.3 is 0 Å². The zero-order valence-corrected chi connectivity index (χ0v) is 8.63. The molecule has 0 radical (unpaired) electrons. The van der Waals surface area contributed by atoms with Gasteiger partial charge < -0.3 is 10.6 Å². The van der Waals surface area contributed by atoms with Crippen LogP contribution >= 0.6 is 27.3 Å². The molecule has 2 N–H and O–H groups in total. The molecule has 1 aromatic rings. The number of nitrogens with one attached hydrogen (secondary N) is 2. The molecular weight excluding hydrogens is 226 g/mol. The zero-order chi connectivity index (χ0) is 8.10. The molecule has 3 nitrogen and oxygen atoms in total. The van der Waals surface area contributed by atoms with E-state index in [-0.39, 0.29) is 0 Å². The Labute approximate surface area is 78.4 Å². The number of rotatable bonds is 4. The normalized spacial score (nSPS) is 10.0. The number of likely N-dealkylation sites (N-methyl/N-ethyl adjacent to an activating group) is 1. The first-order valence-electron chi connectivity index (χ1n) is 3.32. The highest BCUT2D eigenvalue weighted by Crippen LogP contribution is 2.18. The number of aromatic nitrogens is 1. The largest absolute Gasteiger partial charge is 0.360 e. The van der Waals surface area contributed by atoms with E-state index in [1.807, 2.05) is 12.4 Å². The third-order valence-corrected chi connectivity index (χ3v) is 2.64. The predicted molar refractivity (Wildman–Crippen MR) is 52.2 cm³/mol. The fourth-order valence-electron chi connectivity index (χ4n) is 0.630. The second kappa shape index (κ2) is 4.69. The van der Waals surface area contributed by atoms with Crippen LogP contribution in [0.25, 0.3) is 0 Å². The second-order valence-electron chi connectivity index (χ2n) is 2.01. The molecule has 0 amide bonds. The van der Waals surface area contributed by atoms with Crippen molar-refractivity contribution in [3.63, 3.8) is 0 Å². The quantitative estimate of drug-likeness (QED) is 0.778. The molecule has 0 saturated heterocycles. The molecule has 0 aliphatic heterocycles. The van der Waals surface area contributed by atoms with E-state index in [4.69, 9.17) is 0 Å². The van der Waals surface area contributed by atoms with Gasteiger partial charge in [-0.1, -0.05) is 0 Å². The van der Waals surface area contributed by atoms with Crippen molar-refractivity contribution in [1.29, 1.82) is 0 Å². The summed E-state index contributed by atoms with van der Waals surface area (Å²) in [6, 6.07) is 0. The van der Waals surface area contributed by atoms with Crippen molar-refractivity contribution in [1.82, 2.24) is 10.3 Å². The van der Waals surface area contributed by atoms with Crippen molar-refractivity contribution >= 4 is 32.4 Å². The first kappa shape index (κ1) is 8.96. The molecule has 0 spiro atoms. The van der Waals surface area contributed by atoms with Crippen LogP contribution in [0.5, 0.6) is 0 Å². The molecule has 0 fully saturated rings. The summed E-state index contributed by atoms with van der Waals surface area (Å²) in [6.45, 7) is 1.87. The molecule has 1 rings (SSSR count). The highest BCUT2D eigenvalue weighted by atomic mass is 79.9. The predicted octanol–water partition coefficient (Wildman–Crippen LogP) is 1.54. The molecular formula is C6H10BrN3S. The van der Waals surface area contributed by atoms with Crippen molar-refractivity contribution in [2.24, 2.45) is 0 Å². The van der Waals surface area contributed by atoms with E-state index in [1.54, 1.807) is 11.3 Å². The van der Waals surface area contributed by atoms with Gasteiger partial charge in [0, 0.05) is 18.5 Å². The average molecular weight is 236 g/mol. The van der Waals surface area contributed by atoms with E-state index in [0.29, 0.717) is 0 Å². The van der Waals surface area contributed by atoms with E-state index in [1.165, 1.54) is 0 Å². The molecule has 0 aliphatic rings. The number of anilines is 1. The summed E-state index contributed by atoms with van der Waals surface area (Å²) >= 11 is 4.89. The third-order valence-electron chi connectivity index (χ3n) is 1.13. The highest BCUT2D eigenvalue weighted by Gasteiger charge is 1.95. The van der Waals surface area contributed by atoms with Crippen LogP contribution in [-0.2, 0) is 0 Å². The van der Waals surface area contributed by atoms with Gasteiger partial charge in [-0.3, -0.25) is 0 Å². The zero-order valence-electron chi connectivity index (χ0n) is 6.22. The van der Waals surface area contributed by atoms with Gasteiger partial charge in [0.25, 0.3) is 0 Å². The fraction of sp³-hybridized carbons (Fsp3) is 0.500. The molecule has 62 valence electrons. The van der Waals surface area contributed by atoms with Crippen molar-refractivity contribution in [2.45, 2.75) is 0 Å². The van der Waals surface area contributed by atoms with Gasteiger partial charge in [0.15, 0.2) is 5.13 Å². The van der Waals surface area contributed by atoms with Gasteiger partial charge in [-0.15, -0.1) is 11.3 Å². The number of thiazole rings is 1. The molecule has 5 heteroatoms. The topological polar surface area (TPSA) is 37.0 Å². The molecule has 0 bridgehead atoms. The Morgan fingerprint density at radius 1 is 1.64 bits per heavy atom. The Balaban J connectivity index is 2.27. The molecule has 0 unspecified atom stereocenters. The van der Waals surface area contributed by atoms with Gasteiger partial charge in [-0.2, -0.15) is 0 Å². The Kier molecular flexibility index (Phi) is 3.82. The maximum absolute atomic E-state index is 4.18. The Morgan fingerprint density at radius 3 is 3.00 bits per heavy atom. The second-order valence-corrected chi connectivity index (χ2v) is 3.68. The Hall–Kier alpha value is -0.130. The highest BCUT2D eigenvalue weighted by molar-refractivity contribution is 9.10. The summed E-state index contributed by atoms with van der Waals surface area (Å²) < 4.78 is 0.898. The molecule has 0 aliphatic carbocycles. The molecule has 1 heterocycles. The number of hydrogen-bond donors (Lipinski definition) is 2. The van der Waals surface area contributed by atoms with Crippen LogP contribution in [0.3, 0.4) is 0 Å². The van der Waals surface area contributed by atoms with Gasteiger partial charge in [-0.25, -0.2) is 4.98 Å². The summed E-state index contributed by atoms with van der Waals surface area (Å²) in [5, 5.41) is 9.15. The minimum atomic E-state index is 0.898. The van der Waals surface area contributed by atoms with Crippen LogP contribution in [0.1, 0.15) is 0 Å². The van der Waals surface area contributed by atoms with Gasteiger partial charge in [0.2, 0.25) is 0 Å². The molecule has 0 saturated carbocycles. The minimum Gasteiger partial charge on any atom is -0.360 e. The Bertz CT molecular complexity index is 213. The monoisotopic (exact) mass is 235 g/mol. The lowest BCUT2D eigenvalue weighted by Crippen LogP contribution is -2.17. The van der Waals surface area contributed by atoms with E-state index in [9.17, 15) is 0 Å². The van der Waals surface area contributed by atoms with E-state index in [2.05, 4.69) is 31.5 Å². The van der Waals surface area contributed by atoms with Crippen molar-refractivity contribution < 1.29 is 0 Å². The minimum absolute atomic E-state index is 0.898. The number of hydrogen-bond acceptors (Lipinski definition) is 4. The summed E-state index contributed by atoms with van der Waals surface area (Å²) in [6.07, 6.45) is 0. The summed E-state index contributed by atoms with van der Waals surface area (Å²) in [7, 11) is 1.93. The molecule has 11 heavy (non-hydrogen) atoms. The lowest BCUT2D eigenvalue weighted by atomic mass is 10.6. The lowest BCUT2D eigenvalue weighted by Gasteiger charge is -1.99. The smallest absolute Gasteiger partial charge is 0.183 e. The average Bonchev–Trinajstić information content (AvgIpc) is 2.37. The van der Waals surface area contributed by atoms with Crippen molar-refractivity contribution in [3.8, 4) is 0 Å². The van der Waals surface area contributed by atoms with Gasteiger partial charge in [-0.05, 0) is 23.0 Å². The number of halogens is 1. The fourth-order valence-corrected chi connectivity index (χ4v) is 1.80. The summed E-state index contributed by atoms with van der Waals surface area (Å²) in [5.74, 6) is 0. The molecule has 1 aromatic heterocycles. The maximum atomic E-state index is 4.18. The van der Waals surface area contributed by atoms with Crippen molar-refractivity contribution in [2.75, 3.05) is 25.5 Å². The first-order valence-corrected chi connectivity index (χ1v) is 4.99. The van der Waals surface area contributed by atoms with Crippen LogP contribution in [0.4, 0.5) is 5.13 Å². The molecule has 0 atom stereocenters. The molecule has 0 aromatic carbocycles. The number of nitrogens with zero attached hydrogens (tertiary/aromatic N) is 1. The van der Waals surface area contributed by atoms with Crippen LogP contribution in [0.15, 0.2) is 9.98 Å².